The van der Waals surface area contributed by atoms with E-state index in [2.05, 4.69) is 22.9 Å². The molecule has 1 saturated heterocycles. The molecule has 1 saturated carbocycles. The maximum absolute atomic E-state index is 11.9. The Morgan fingerprint density at radius 2 is 2.16 bits per heavy atom. The van der Waals surface area contributed by atoms with Crippen molar-refractivity contribution in [2.75, 3.05) is 13.1 Å². The van der Waals surface area contributed by atoms with Gasteiger partial charge in [-0.05, 0) is 51.5 Å². The van der Waals surface area contributed by atoms with Crippen LogP contribution in [0.2, 0.25) is 0 Å². The van der Waals surface area contributed by atoms with Crippen LogP contribution in [0.3, 0.4) is 0 Å². The third-order valence-electron chi connectivity index (χ3n) is 4.59. The van der Waals surface area contributed by atoms with Gasteiger partial charge in [-0.1, -0.05) is 13.3 Å². The maximum atomic E-state index is 11.9. The van der Waals surface area contributed by atoms with Crippen molar-refractivity contribution in [1.82, 2.24) is 16.0 Å². The molecule has 110 valence electrons. The summed E-state index contributed by atoms with van der Waals surface area (Å²) in [7, 11) is 0. The zero-order chi connectivity index (χ0) is 13.7. The first kappa shape index (κ1) is 14.8. The zero-order valence-corrected chi connectivity index (χ0v) is 12.4. The summed E-state index contributed by atoms with van der Waals surface area (Å²) in [5.74, 6) is 0.857. The molecule has 4 nitrogen and oxygen atoms in total. The number of hydrogen-bond acceptors (Lipinski definition) is 3. The third kappa shape index (κ3) is 3.93. The minimum atomic E-state index is -0.0708. The van der Waals surface area contributed by atoms with E-state index >= 15 is 0 Å². The van der Waals surface area contributed by atoms with Gasteiger partial charge in [0.1, 0.15) is 0 Å². The largest absolute Gasteiger partial charge is 0.355 e. The van der Waals surface area contributed by atoms with E-state index < -0.39 is 0 Å². The predicted octanol–water partition coefficient (Wildman–Crippen LogP) is 1.41. The van der Waals surface area contributed by atoms with Gasteiger partial charge in [0.25, 0.3) is 0 Å². The van der Waals surface area contributed by atoms with Crippen molar-refractivity contribution in [3.05, 3.63) is 0 Å². The van der Waals surface area contributed by atoms with E-state index in [-0.39, 0.29) is 11.9 Å². The van der Waals surface area contributed by atoms with E-state index in [1.807, 2.05) is 6.92 Å². The molecular formula is C15H29N3O. The number of hydrogen-bond donors (Lipinski definition) is 3. The Labute approximate surface area is 117 Å². The highest BCUT2D eigenvalue weighted by Gasteiger charge is 2.35. The highest BCUT2D eigenvalue weighted by atomic mass is 16.2. The number of carbonyl (C=O) groups is 1. The molecule has 0 aromatic carbocycles. The summed E-state index contributed by atoms with van der Waals surface area (Å²) in [5, 5.41) is 10.2. The molecular weight excluding hydrogens is 238 g/mol. The van der Waals surface area contributed by atoms with Crippen molar-refractivity contribution >= 4 is 5.91 Å². The monoisotopic (exact) mass is 267 g/mol. The molecule has 4 atom stereocenters. The Balaban J connectivity index is 1.81. The van der Waals surface area contributed by atoms with E-state index in [1.165, 1.54) is 38.6 Å². The summed E-state index contributed by atoms with van der Waals surface area (Å²) in [6.07, 6.45) is 7.42. The molecule has 0 radical (unpaired) electrons. The molecule has 2 rings (SSSR count). The highest BCUT2D eigenvalue weighted by Crippen LogP contribution is 2.32. The smallest absolute Gasteiger partial charge is 0.236 e. The minimum absolute atomic E-state index is 0.0708. The van der Waals surface area contributed by atoms with Crippen LogP contribution in [0.4, 0.5) is 0 Å². The Kier molecular flexibility index (Phi) is 5.64. The molecule has 4 heteroatoms. The first-order valence-electron chi connectivity index (χ1n) is 7.99. The molecule has 2 fully saturated rings. The summed E-state index contributed by atoms with van der Waals surface area (Å²) in [4.78, 5) is 11.9. The van der Waals surface area contributed by atoms with Crippen LogP contribution in [0.1, 0.15) is 52.4 Å². The lowest BCUT2D eigenvalue weighted by molar-refractivity contribution is -0.123. The van der Waals surface area contributed by atoms with E-state index in [1.54, 1.807) is 0 Å². The summed E-state index contributed by atoms with van der Waals surface area (Å²) in [5.41, 5.74) is 0. The lowest BCUT2D eigenvalue weighted by atomic mass is 9.92. The van der Waals surface area contributed by atoms with Gasteiger partial charge in [-0.3, -0.25) is 4.79 Å². The van der Waals surface area contributed by atoms with E-state index in [9.17, 15) is 4.79 Å². The molecule has 4 unspecified atom stereocenters. The Bertz CT molecular complexity index is 289. The summed E-state index contributed by atoms with van der Waals surface area (Å²) in [6, 6.07) is 1.11. The average molecular weight is 267 g/mol. The number of amides is 1. The van der Waals surface area contributed by atoms with Crippen molar-refractivity contribution in [3.63, 3.8) is 0 Å². The summed E-state index contributed by atoms with van der Waals surface area (Å²) in [6.45, 7) is 6.02. The Hall–Kier alpha value is -0.610. The maximum Gasteiger partial charge on any atom is 0.236 e. The molecule has 19 heavy (non-hydrogen) atoms. The number of rotatable bonds is 6. The molecule has 1 amide bonds. The average Bonchev–Trinajstić information content (AvgIpc) is 3.05. The van der Waals surface area contributed by atoms with Crippen LogP contribution in [0.5, 0.6) is 0 Å². The predicted molar refractivity (Wildman–Crippen MR) is 78.1 cm³/mol. The SMILES string of the molecule is CCCNC(=O)C(C)NC1CCCC1C1CCCN1. The Morgan fingerprint density at radius 3 is 2.84 bits per heavy atom. The third-order valence-corrected chi connectivity index (χ3v) is 4.59. The molecule has 1 aliphatic heterocycles. The molecule has 2 aliphatic rings. The van der Waals surface area contributed by atoms with Crippen LogP contribution in [-0.4, -0.2) is 37.1 Å². The molecule has 1 aliphatic carbocycles. The second-order valence-electron chi connectivity index (χ2n) is 6.08. The highest BCUT2D eigenvalue weighted by molar-refractivity contribution is 5.81. The molecule has 0 aromatic rings. The quantitative estimate of drug-likeness (QED) is 0.682. The van der Waals surface area contributed by atoms with Crippen LogP contribution in [0, 0.1) is 5.92 Å². The summed E-state index contributed by atoms with van der Waals surface area (Å²) < 4.78 is 0. The van der Waals surface area contributed by atoms with E-state index in [4.69, 9.17) is 0 Å². The molecule has 1 heterocycles. The lowest BCUT2D eigenvalue weighted by Crippen LogP contribution is -2.50. The van der Waals surface area contributed by atoms with Gasteiger partial charge < -0.3 is 16.0 Å². The van der Waals surface area contributed by atoms with Crippen LogP contribution in [0.15, 0.2) is 0 Å². The van der Waals surface area contributed by atoms with Gasteiger partial charge in [-0.15, -0.1) is 0 Å². The van der Waals surface area contributed by atoms with E-state index in [0.29, 0.717) is 18.0 Å². The zero-order valence-electron chi connectivity index (χ0n) is 12.4. The number of carbonyl (C=O) groups excluding carboxylic acids is 1. The molecule has 0 aromatic heterocycles. The molecule has 3 N–H and O–H groups in total. The van der Waals surface area contributed by atoms with Crippen LogP contribution < -0.4 is 16.0 Å². The van der Waals surface area contributed by atoms with Gasteiger partial charge in [0.2, 0.25) is 5.91 Å². The van der Waals surface area contributed by atoms with Gasteiger partial charge in [0, 0.05) is 18.6 Å². The van der Waals surface area contributed by atoms with Gasteiger partial charge in [-0.2, -0.15) is 0 Å². The fourth-order valence-electron chi connectivity index (χ4n) is 3.55. The lowest BCUT2D eigenvalue weighted by Gasteiger charge is -2.28. The first-order chi connectivity index (χ1) is 9.22. The van der Waals surface area contributed by atoms with E-state index in [0.717, 1.165) is 13.0 Å². The molecule has 0 bridgehead atoms. The van der Waals surface area contributed by atoms with Gasteiger partial charge in [0.05, 0.1) is 6.04 Å². The normalized spacial score (nSPS) is 32.4. The summed E-state index contributed by atoms with van der Waals surface area (Å²) >= 11 is 0. The fraction of sp³-hybridized carbons (Fsp3) is 0.933. The Morgan fingerprint density at radius 1 is 1.32 bits per heavy atom. The van der Waals surface area contributed by atoms with Gasteiger partial charge >= 0.3 is 0 Å². The second-order valence-corrected chi connectivity index (χ2v) is 6.08. The van der Waals surface area contributed by atoms with Gasteiger partial charge in [-0.25, -0.2) is 0 Å². The molecule has 0 spiro atoms. The van der Waals surface area contributed by atoms with Crippen molar-refractivity contribution in [1.29, 1.82) is 0 Å². The van der Waals surface area contributed by atoms with Crippen LogP contribution in [-0.2, 0) is 4.79 Å². The van der Waals surface area contributed by atoms with Gasteiger partial charge in [0.15, 0.2) is 0 Å². The van der Waals surface area contributed by atoms with Crippen molar-refractivity contribution in [3.8, 4) is 0 Å². The first-order valence-corrected chi connectivity index (χ1v) is 7.99. The topological polar surface area (TPSA) is 53.2 Å². The van der Waals surface area contributed by atoms with Crippen molar-refractivity contribution in [2.45, 2.75) is 70.5 Å². The fourth-order valence-corrected chi connectivity index (χ4v) is 3.55. The number of nitrogens with one attached hydrogen (secondary N) is 3. The standard InChI is InChI=1S/C15H29N3O/c1-3-9-17-15(19)11(2)18-14-7-4-6-12(14)13-8-5-10-16-13/h11-14,16,18H,3-10H2,1-2H3,(H,17,19). The van der Waals surface area contributed by atoms with Crippen molar-refractivity contribution < 1.29 is 4.79 Å². The van der Waals surface area contributed by atoms with Crippen LogP contribution >= 0.6 is 0 Å². The van der Waals surface area contributed by atoms with Crippen molar-refractivity contribution in [2.24, 2.45) is 5.92 Å². The van der Waals surface area contributed by atoms with Crippen LogP contribution in [0.25, 0.3) is 0 Å². The minimum Gasteiger partial charge on any atom is -0.355 e. The second kappa shape index (κ2) is 7.25.